The van der Waals surface area contributed by atoms with Crippen LogP contribution < -0.4 is 5.32 Å². The van der Waals surface area contributed by atoms with Crippen molar-refractivity contribution in [1.29, 1.82) is 0 Å². The van der Waals surface area contributed by atoms with Gasteiger partial charge in [-0.2, -0.15) is 0 Å². The Kier molecular flexibility index (Phi) is 3.79. The SMILES string of the molecule is CCCNC(=O)[C@@H]1[C@@H]2[C@H]1[C@H](C)CC[C@H]2C(C)C. The Balaban J connectivity index is 1.99. The van der Waals surface area contributed by atoms with Gasteiger partial charge in [-0.05, 0) is 42.4 Å². The fourth-order valence-corrected chi connectivity index (χ4v) is 3.98. The van der Waals surface area contributed by atoms with E-state index < -0.39 is 0 Å². The van der Waals surface area contributed by atoms with E-state index in [-0.39, 0.29) is 0 Å². The molecule has 0 aliphatic heterocycles. The van der Waals surface area contributed by atoms with E-state index in [1.165, 1.54) is 12.8 Å². The molecule has 1 amide bonds. The molecule has 0 radical (unpaired) electrons. The van der Waals surface area contributed by atoms with Gasteiger partial charge < -0.3 is 5.32 Å². The zero-order chi connectivity index (χ0) is 12.6. The second-order valence-electron chi connectivity index (χ2n) is 6.43. The molecule has 0 unspecified atom stereocenters. The minimum absolute atomic E-state index is 0.334. The third kappa shape index (κ3) is 2.36. The Labute approximate surface area is 106 Å². The number of hydrogen-bond acceptors (Lipinski definition) is 1. The largest absolute Gasteiger partial charge is 0.356 e. The second-order valence-corrected chi connectivity index (χ2v) is 6.43. The number of amides is 1. The lowest BCUT2D eigenvalue weighted by Gasteiger charge is -2.28. The molecule has 2 aliphatic rings. The molecule has 2 nitrogen and oxygen atoms in total. The van der Waals surface area contributed by atoms with Crippen LogP contribution in [0, 0.1) is 35.5 Å². The first kappa shape index (κ1) is 12.9. The van der Waals surface area contributed by atoms with Crippen molar-refractivity contribution in [3.63, 3.8) is 0 Å². The smallest absolute Gasteiger partial charge is 0.223 e. The summed E-state index contributed by atoms with van der Waals surface area (Å²) < 4.78 is 0. The van der Waals surface area contributed by atoms with Gasteiger partial charge in [-0.1, -0.05) is 34.1 Å². The van der Waals surface area contributed by atoms with Gasteiger partial charge in [0.15, 0.2) is 0 Å². The van der Waals surface area contributed by atoms with Crippen molar-refractivity contribution in [2.24, 2.45) is 35.5 Å². The van der Waals surface area contributed by atoms with Crippen molar-refractivity contribution in [2.75, 3.05) is 6.54 Å². The van der Waals surface area contributed by atoms with Gasteiger partial charge in [0.05, 0.1) is 0 Å². The highest BCUT2D eigenvalue weighted by Crippen LogP contribution is 2.62. The molecule has 0 aromatic carbocycles. The van der Waals surface area contributed by atoms with Gasteiger partial charge >= 0.3 is 0 Å². The average Bonchev–Trinajstić information content (AvgIpc) is 3.02. The Morgan fingerprint density at radius 3 is 2.59 bits per heavy atom. The summed E-state index contributed by atoms with van der Waals surface area (Å²) in [5, 5.41) is 3.09. The molecule has 0 saturated heterocycles. The molecule has 2 rings (SSSR count). The highest BCUT2D eigenvalue weighted by atomic mass is 16.2. The molecule has 17 heavy (non-hydrogen) atoms. The maximum absolute atomic E-state index is 12.1. The van der Waals surface area contributed by atoms with Crippen LogP contribution in [0.4, 0.5) is 0 Å². The summed E-state index contributed by atoms with van der Waals surface area (Å²) in [7, 11) is 0. The highest BCUT2D eigenvalue weighted by Gasteiger charge is 2.61. The second kappa shape index (κ2) is 4.99. The Hall–Kier alpha value is -0.530. The van der Waals surface area contributed by atoms with E-state index >= 15 is 0 Å². The molecule has 1 N–H and O–H groups in total. The number of carbonyl (C=O) groups excluding carboxylic acids is 1. The van der Waals surface area contributed by atoms with Crippen molar-refractivity contribution in [1.82, 2.24) is 5.32 Å². The van der Waals surface area contributed by atoms with Gasteiger partial charge in [0.2, 0.25) is 5.91 Å². The Morgan fingerprint density at radius 1 is 1.29 bits per heavy atom. The first-order chi connectivity index (χ1) is 8.07. The molecule has 2 aliphatic carbocycles. The van der Waals surface area contributed by atoms with Crippen LogP contribution >= 0.6 is 0 Å². The fraction of sp³-hybridized carbons (Fsp3) is 0.933. The Morgan fingerprint density at radius 2 is 2.00 bits per heavy atom. The van der Waals surface area contributed by atoms with E-state index in [4.69, 9.17) is 0 Å². The van der Waals surface area contributed by atoms with Gasteiger partial charge in [-0.15, -0.1) is 0 Å². The molecule has 0 bridgehead atoms. The lowest BCUT2D eigenvalue weighted by Crippen LogP contribution is -2.27. The van der Waals surface area contributed by atoms with E-state index in [9.17, 15) is 4.79 Å². The summed E-state index contributed by atoms with van der Waals surface area (Å²) in [6.45, 7) is 9.92. The number of nitrogens with one attached hydrogen (secondary N) is 1. The first-order valence-corrected chi connectivity index (χ1v) is 7.35. The van der Waals surface area contributed by atoms with Crippen LogP contribution in [0.25, 0.3) is 0 Å². The lowest BCUT2D eigenvalue weighted by atomic mass is 9.77. The molecule has 0 aromatic rings. The summed E-state index contributed by atoms with van der Waals surface area (Å²) in [5.74, 6) is 4.33. The van der Waals surface area contributed by atoms with Crippen molar-refractivity contribution < 1.29 is 4.79 Å². The maximum Gasteiger partial charge on any atom is 0.223 e. The van der Waals surface area contributed by atoms with Gasteiger partial charge in [-0.25, -0.2) is 0 Å². The fourth-order valence-electron chi connectivity index (χ4n) is 3.98. The standard InChI is InChI=1S/C15H27NO/c1-5-8-16-15(17)14-12-10(4)6-7-11(9(2)3)13(12)14/h9-14H,5-8H2,1-4H3,(H,16,17)/t10-,11+,12-,13+,14+/m1/s1. The van der Waals surface area contributed by atoms with Crippen molar-refractivity contribution in [3.05, 3.63) is 0 Å². The van der Waals surface area contributed by atoms with E-state index in [0.29, 0.717) is 23.7 Å². The minimum atomic E-state index is 0.334. The molecule has 2 fully saturated rings. The van der Waals surface area contributed by atoms with Crippen LogP contribution in [0.1, 0.15) is 47.0 Å². The van der Waals surface area contributed by atoms with Crippen LogP contribution in [0.3, 0.4) is 0 Å². The number of rotatable bonds is 4. The van der Waals surface area contributed by atoms with Crippen molar-refractivity contribution in [2.45, 2.75) is 47.0 Å². The zero-order valence-corrected chi connectivity index (χ0v) is 11.7. The van der Waals surface area contributed by atoms with Gasteiger partial charge in [0.25, 0.3) is 0 Å². The van der Waals surface area contributed by atoms with E-state index in [1.807, 2.05) is 0 Å². The molecule has 0 spiro atoms. The molecular formula is C15H27NO. The summed E-state index contributed by atoms with van der Waals surface area (Å²) in [6.07, 6.45) is 3.69. The van der Waals surface area contributed by atoms with E-state index in [0.717, 1.165) is 30.7 Å². The van der Waals surface area contributed by atoms with Crippen LogP contribution in [-0.2, 0) is 4.79 Å². The van der Waals surface area contributed by atoms with Gasteiger partial charge in [0, 0.05) is 12.5 Å². The normalized spacial score (nSPS) is 39.9. The molecule has 2 heteroatoms. The summed E-state index contributed by atoms with van der Waals surface area (Å²) in [5.41, 5.74) is 0. The number of fused-ring (bicyclic) bond motifs is 1. The quantitative estimate of drug-likeness (QED) is 0.800. The number of carbonyl (C=O) groups is 1. The predicted molar refractivity (Wildman–Crippen MR) is 70.5 cm³/mol. The molecule has 98 valence electrons. The minimum Gasteiger partial charge on any atom is -0.356 e. The van der Waals surface area contributed by atoms with Gasteiger partial charge in [0.1, 0.15) is 0 Å². The van der Waals surface area contributed by atoms with Crippen molar-refractivity contribution >= 4 is 5.91 Å². The molecular weight excluding hydrogens is 210 g/mol. The lowest BCUT2D eigenvalue weighted by molar-refractivity contribution is -0.123. The predicted octanol–water partition coefficient (Wildman–Crippen LogP) is 3.08. The average molecular weight is 237 g/mol. The summed E-state index contributed by atoms with van der Waals surface area (Å²) in [4.78, 5) is 12.1. The summed E-state index contributed by atoms with van der Waals surface area (Å²) in [6, 6.07) is 0. The van der Waals surface area contributed by atoms with Gasteiger partial charge in [-0.3, -0.25) is 4.79 Å². The monoisotopic (exact) mass is 237 g/mol. The number of hydrogen-bond donors (Lipinski definition) is 1. The third-order valence-corrected chi connectivity index (χ3v) is 4.95. The summed E-state index contributed by atoms with van der Waals surface area (Å²) >= 11 is 0. The van der Waals surface area contributed by atoms with Crippen LogP contribution in [0.2, 0.25) is 0 Å². The molecule has 0 heterocycles. The topological polar surface area (TPSA) is 29.1 Å². The van der Waals surface area contributed by atoms with E-state index in [2.05, 4.69) is 33.0 Å². The third-order valence-electron chi connectivity index (χ3n) is 4.95. The zero-order valence-electron chi connectivity index (χ0n) is 11.7. The van der Waals surface area contributed by atoms with Crippen LogP contribution in [-0.4, -0.2) is 12.5 Å². The molecule has 5 atom stereocenters. The van der Waals surface area contributed by atoms with E-state index in [1.54, 1.807) is 0 Å². The Bertz CT molecular complexity index is 287. The maximum atomic E-state index is 12.1. The van der Waals surface area contributed by atoms with Crippen LogP contribution in [0.15, 0.2) is 0 Å². The first-order valence-electron chi connectivity index (χ1n) is 7.35. The molecule has 0 aromatic heterocycles. The van der Waals surface area contributed by atoms with Crippen LogP contribution in [0.5, 0.6) is 0 Å². The highest BCUT2D eigenvalue weighted by molar-refractivity contribution is 5.82. The van der Waals surface area contributed by atoms with Crippen molar-refractivity contribution in [3.8, 4) is 0 Å². The molecule has 2 saturated carbocycles.